The summed E-state index contributed by atoms with van der Waals surface area (Å²) in [6, 6.07) is 6.01. The highest BCUT2D eigenvalue weighted by Crippen LogP contribution is 2.30. The fourth-order valence-corrected chi connectivity index (χ4v) is 5.34. The molecule has 0 bridgehead atoms. The highest BCUT2D eigenvalue weighted by molar-refractivity contribution is 7.88. The molecule has 3 aliphatic heterocycles. The van der Waals surface area contributed by atoms with Crippen molar-refractivity contribution < 1.29 is 22.7 Å². The second kappa shape index (κ2) is 9.72. The summed E-state index contributed by atoms with van der Waals surface area (Å²) in [4.78, 5) is 17.1. The largest absolute Gasteiger partial charge is 0.491 e. The van der Waals surface area contributed by atoms with Gasteiger partial charge in [0.25, 0.3) is 0 Å². The van der Waals surface area contributed by atoms with Crippen LogP contribution in [0.25, 0.3) is 0 Å². The minimum Gasteiger partial charge on any atom is -0.491 e. The molecule has 1 N–H and O–H groups in total. The first-order valence-corrected chi connectivity index (χ1v) is 12.8. The van der Waals surface area contributed by atoms with Gasteiger partial charge in [0.1, 0.15) is 12.4 Å². The Morgan fingerprint density at radius 2 is 1.87 bits per heavy atom. The van der Waals surface area contributed by atoms with Crippen LogP contribution in [0, 0.1) is 0 Å². The Balaban J connectivity index is 1.54. The third kappa shape index (κ3) is 5.49. The van der Waals surface area contributed by atoms with E-state index in [9.17, 15) is 13.2 Å². The summed E-state index contributed by atoms with van der Waals surface area (Å²) in [5.74, 6) is 0.878. The van der Waals surface area contributed by atoms with Crippen molar-refractivity contribution in [2.75, 3.05) is 70.2 Å². The van der Waals surface area contributed by atoms with Crippen molar-refractivity contribution in [3.8, 4) is 5.75 Å². The Morgan fingerprint density at radius 3 is 2.65 bits per heavy atom. The van der Waals surface area contributed by atoms with E-state index in [-0.39, 0.29) is 11.9 Å². The third-order valence-corrected chi connectivity index (χ3v) is 7.49. The summed E-state index contributed by atoms with van der Waals surface area (Å²) >= 11 is 0. The number of hydrogen-bond donors (Lipinski definition) is 1. The fourth-order valence-electron chi connectivity index (χ4n) is 4.51. The maximum absolute atomic E-state index is 12.6. The second-order valence-corrected chi connectivity index (χ2v) is 10.3. The summed E-state index contributed by atoms with van der Waals surface area (Å²) in [6.07, 6.45) is 3.12. The zero-order chi connectivity index (χ0) is 21.8. The van der Waals surface area contributed by atoms with Crippen LogP contribution in [0.15, 0.2) is 18.2 Å². The van der Waals surface area contributed by atoms with Crippen LogP contribution in [-0.4, -0.2) is 94.9 Å². The first kappa shape index (κ1) is 22.3. The van der Waals surface area contributed by atoms with Crippen molar-refractivity contribution >= 4 is 21.6 Å². The number of benzene rings is 1. The molecule has 0 aromatic heterocycles. The molecule has 0 spiro atoms. The summed E-state index contributed by atoms with van der Waals surface area (Å²) in [7, 11) is -3.16. The lowest BCUT2D eigenvalue weighted by Gasteiger charge is -2.35. The van der Waals surface area contributed by atoms with Gasteiger partial charge in [0.15, 0.2) is 0 Å². The average Bonchev–Trinajstić information content (AvgIpc) is 3.21. The number of nitrogens with one attached hydrogen (secondary N) is 1. The molecule has 172 valence electrons. The fraction of sp³-hybridized carbons (Fsp3) is 0.667. The number of carbonyl (C=O) groups is 1. The molecule has 0 radical (unpaired) electrons. The van der Waals surface area contributed by atoms with Gasteiger partial charge < -0.3 is 19.7 Å². The van der Waals surface area contributed by atoms with Crippen molar-refractivity contribution in [3.63, 3.8) is 0 Å². The monoisotopic (exact) mass is 452 g/mol. The van der Waals surface area contributed by atoms with Gasteiger partial charge in [-0.1, -0.05) is 0 Å². The maximum Gasteiger partial charge on any atom is 0.237 e. The predicted octanol–water partition coefficient (Wildman–Crippen LogP) is 0.258. The molecule has 4 rings (SSSR count). The second-order valence-electron chi connectivity index (χ2n) is 8.32. The molecule has 1 amide bonds. The summed E-state index contributed by atoms with van der Waals surface area (Å²) < 4.78 is 36.7. The van der Waals surface area contributed by atoms with Crippen LogP contribution in [-0.2, 0) is 26.1 Å². The molecular formula is C21H32N4O5S. The van der Waals surface area contributed by atoms with Gasteiger partial charge in [-0.2, -0.15) is 4.31 Å². The molecule has 0 saturated carbocycles. The van der Waals surface area contributed by atoms with Gasteiger partial charge in [-0.05, 0) is 37.6 Å². The number of amides is 1. The summed E-state index contributed by atoms with van der Waals surface area (Å²) in [5, 5.41) is 2.99. The molecule has 31 heavy (non-hydrogen) atoms. The van der Waals surface area contributed by atoms with Crippen molar-refractivity contribution in [2.45, 2.75) is 25.4 Å². The van der Waals surface area contributed by atoms with Crippen LogP contribution in [0.3, 0.4) is 0 Å². The molecule has 1 unspecified atom stereocenters. The number of rotatable bonds is 2. The van der Waals surface area contributed by atoms with Crippen LogP contribution < -0.4 is 15.0 Å². The predicted molar refractivity (Wildman–Crippen MR) is 118 cm³/mol. The number of anilines is 1. The molecular weight excluding hydrogens is 420 g/mol. The maximum atomic E-state index is 12.6. The van der Waals surface area contributed by atoms with Crippen LogP contribution >= 0.6 is 0 Å². The van der Waals surface area contributed by atoms with Gasteiger partial charge in [-0.15, -0.1) is 0 Å². The Hall–Kier alpha value is -1.88. The Labute approximate surface area is 184 Å². The molecule has 1 atom stereocenters. The SMILES string of the molecule is CS(=O)(=O)N1CCN(c2ccc3c(c2)CN2CCCC2C(=O)NCCOCCO3)CC1. The average molecular weight is 453 g/mol. The first-order valence-electron chi connectivity index (χ1n) is 11.0. The highest BCUT2D eigenvalue weighted by Gasteiger charge is 2.31. The molecule has 2 saturated heterocycles. The Morgan fingerprint density at radius 1 is 1.06 bits per heavy atom. The van der Waals surface area contributed by atoms with E-state index in [4.69, 9.17) is 9.47 Å². The number of nitrogens with zero attached hydrogens (tertiary/aromatic N) is 3. The van der Waals surface area contributed by atoms with E-state index >= 15 is 0 Å². The van der Waals surface area contributed by atoms with Crippen molar-refractivity contribution in [2.24, 2.45) is 0 Å². The van der Waals surface area contributed by atoms with Crippen LogP contribution in [0.4, 0.5) is 5.69 Å². The van der Waals surface area contributed by atoms with Gasteiger partial charge in [-0.3, -0.25) is 9.69 Å². The molecule has 0 aliphatic carbocycles. The molecule has 9 nitrogen and oxygen atoms in total. The van der Waals surface area contributed by atoms with Crippen LogP contribution in [0.2, 0.25) is 0 Å². The minimum absolute atomic E-state index is 0.0656. The number of piperazine rings is 1. The summed E-state index contributed by atoms with van der Waals surface area (Å²) in [6.45, 7) is 5.71. The third-order valence-electron chi connectivity index (χ3n) is 6.19. The van der Waals surface area contributed by atoms with Crippen LogP contribution in [0.5, 0.6) is 5.75 Å². The van der Waals surface area contributed by atoms with Gasteiger partial charge in [-0.25, -0.2) is 8.42 Å². The quantitative estimate of drug-likeness (QED) is 0.688. The lowest BCUT2D eigenvalue weighted by Crippen LogP contribution is -2.48. The normalized spacial score (nSPS) is 24.7. The Bertz CT molecular complexity index is 886. The standard InChI is InChI=1S/C21H32N4O5S/c1-31(27,28)25-10-8-23(9-11-25)18-4-5-20-17(15-18)16-24-7-2-3-19(24)21(26)22-6-12-29-13-14-30-20/h4-5,15,19H,2-3,6-14,16H2,1H3,(H,22,26). The molecule has 1 aromatic carbocycles. The van der Waals surface area contributed by atoms with Crippen molar-refractivity contribution in [3.05, 3.63) is 23.8 Å². The lowest BCUT2D eigenvalue weighted by atomic mass is 10.1. The number of ether oxygens (including phenoxy) is 2. The van der Waals surface area contributed by atoms with E-state index in [1.54, 1.807) is 0 Å². The van der Waals surface area contributed by atoms with Crippen molar-refractivity contribution in [1.82, 2.24) is 14.5 Å². The topological polar surface area (TPSA) is 91.4 Å². The van der Waals surface area contributed by atoms with E-state index < -0.39 is 10.0 Å². The smallest absolute Gasteiger partial charge is 0.237 e. The molecule has 2 fully saturated rings. The van der Waals surface area contributed by atoms with Gasteiger partial charge in [0, 0.05) is 50.5 Å². The number of fused-ring (bicyclic) bond motifs is 2. The number of hydrogen-bond acceptors (Lipinski definition) is 7. The minimum atomic E-state index is -3.16. The molecule has 10 heteroatoms. The zero-order valence-corrected chi connectivity index (χ0v) is 18.9. The molecule has 3 heterocycles. The van der Waals surface area contributed by atoms with E-state index in [1.807, 2.05) is 12.1 Å². The highest BCUT2D eigenvalue weighted by atomic mass is 32.2. The van der Waals surface area contributed by atoms with E-state index in [1.165, 1.54) is 10.6 Å². The number of carbonyl (C=O) groups excluding carboxylic acids is 1. The van der Waals surface area contributed by atoms with Crippen LogP contribution in [0.1, 0.15) is 18.4 Å². The summed E-state index contributed by atoms with van der Waals surface area (Å²) in [5.41, 5.74) is 2.10. The van der Waals surface area contributed by atoms with Gasteiger partial charge >= 0.3 is 0 Å². The van der Waals surface area contributed by atoms with E-state index in [0.717, 1.165) is 36.4 Å². The zero-order valence-electron chi connectivity index (χ0n) is 18.1. The number of sulfonamides is 1. The van der Waals surface area contributed by atoms with Gasteiger partial charge in [0.2, 0.25) is 15.9 Å². The van der Waals surface area contributed by atoms with E-state index in [2.05, 4.69) is 21.2 Å². The first-order chi connectivity index (χ1) is 14.9. The molecule has 3 aliphatic rings. The van der Waals surface area contributed by atoms with Crippen molar-refractivity contribution in [1.29, 1.82) is 0 Å². The Kier molecular flexibility index (Phi) is 7.00. The molecule has 1 aromatic rings. The lowest BCUT2D eigenvalue weighted by molar-refractivity contribution is -0.125. The van der Waals surface area contributed by atoms with E-state index in [0.29, 0.717) is 59.1 Å². The van der Waals surface area contributed by atoms with Gasteiger partial charge in [0.05, 0.1) is 25.5 Å².